The molecule has 0 aliphatic heterocycles. The van der Waals surface area contributed by atoms with Gasteiger partial charge in [-0.2, -0.15) is 0 Å². The van der Waals surface area contributed by atoms with Crippen LogP contribution < -0.4 is 10.2 Å². The van der Waals surface area contributed by atoms with Crippen LogP contribution in [-0.2, 0) is 6.54 Å². The van der Waals surface area contributed by atoms with E-state index in [0.29, 0.717) is 6.54 Å². The third-order valence-corrected chi connectivity index (χ3v) is 2.83. The molecule has 0 aromatic heterocycles. The quantitative estimate of drug-likeness (QED) is 0.678. The van der Waals surface area contributed by atoms with Gasteiger partial charge in [0.15, 0.2) is 0 Å². The first-order valence-electron chi connectivity index (χ1n) is 6.47. The van der Waals surface area contributed by atoms with E-state index >= 15 is 0 Å². The van der Waals surface area contributed by atoms with Crippen molar-refractivity contribution in [2.24, 2.45) is 0 Å². The van der Waals surface area contributed by atoms with Gasteiger partial charge in [0.05, 0.1) is 6.61 Å². The van der Waals surface area contributed by atoms with Crippen LogP contribution in [0, 0.1) is 0 Å². The number of nitrogens with zero attached hydrogens (tertiary/aromatic N) is 1. The number of anilines is 1. The number of para-hydroxylation sites is 1. The minimum absolute atomic E-state index is 0.199. The van der Waals surface area contributed by atoms with E-state index in [4.69, 9.17) is 5.11 Å². The Hall–Kier alpha value is -1.06. The Morgan fingerprint density at radius 3 is 2.65 bits per heavy atom. The standard InChI is InChI=1S/C14H24N2O/c1-3-9-15-12-13-7-5-6-8-14(13)16(4-2)10-11-17/h5-8,15,17H,3-4,9-12H2,1-2H3. The summed E-state index contributed by atoms with van der Waals surface area (Å²) in [5, 5.41) is 12.5. The number of hydrogen-bond acceptors (Lipinski definition) is 3. The zero-order valence-corrected chi connectivity index (χ0v) is 10.9. The van der Waals surface area contributed by atoms with Gasteiger partial charge >= 0.3 is 0 Å². The van der Waals surface area contributed by atoms with Crippen LogP contribution in [0.5, 0.6) is 0 Å². The van der Waals surface area contributed by atoms with E-state index in [1.54, 1.807) is 0 Å². The molecule has 3 heteroatoms. The summed E-state index contributed by atoms with van der Waals surface area (Å²) in [5.41, 5.74) is 2.53. The van der Waals surface area contributed by atoms with Crippen LogP contribution in [0.3, 0.4) is 0 Å². The number of benzene rings is 1. The fraction of sp³-hybridized carbons (Fsp3) is 0.571. The summed E-state index contributed by atoms with van der Waals surface area (Å²) in [5.74, 6) is 0. The average Bonchev–Trinajstić information content (AvgIpc) is 2.37. The van der Waals surface area contributed by atoms with Crippen molar-refractivity contribution >= 4 is 5.69 Å². The molecule has 17 heavy (non-hydrogen) atoms. The Labute approximate surface area is 104 Å². The molecule has 2 N–H and O–H groups in total. The largest absolute Gasteiger partial charge is 0.395 e. The van der Waals surface area contributed by atoms with Gasteiger partial charge in [0, 0.05) is 25.3 Å². The first-order valence-corrected chi connectivity index (χ1v) is 6.47. The van der Waals surface area contributed by atoms with Gasteiger partial charge in [-0.3, -0.25) is 0 Å². The highest BCUT2D eigenvalue weighted by Gasteiger charge is 2.07. The maximum atomic E-state index is 9.08. The van der Waals surface area contributed by atoms with E-state index in [9.17, 15) is 0 Å². The maximum Gasteiger partial charge on any atom is 0.0606 e. The molecule has 0 aliphatic carbocycles. The minimum Gasteiger partial charge on any atom is -0.395 e. The normalized spacial score (nSPS) is 10.5. The fourth-order valence-electron chi connectivity index (χ4n) is 1.94. The van der Waals surface area contributed by atoms with Gasteiger partial charge in [-0.15, -0.1) is 0 Å². The van der Waals surface area contributed by atoms with Crippen molar-refractivity contribution in [3.8, 4) is 0 Å². The summed E-state index contributed by atoms with van der Waals surface area (Å²) >= 11 is 0. The van der Waals surface area contributed by atoms with Crippen molar-refractivity contribution in [3.05, 3.63) is 29.8 Å². The van der Waals surface area contributed by atoms with Crippen LogP contribution in [0.15, 0.2) is 24.3 Å². The van der Waals surface area contributed by atoms with Gasteiger partial charge in [-0.25, -0.2) is 0 Å². The smallest absolute Gasteiger partial charge is 0.0606 e. The van der Waals surface area contributed by atoms with E-state index < -0.39 is 0 Å². The molecule has 0 saturated carbocycles. The molecule has 0 atom stereocenters. The molecule has 0 aliphatic rings. The van der Waals surface area contributed by atoms with Crippen molar-refractivity contribution in [2.45, 2.75) is 26.8 Å². The number of nitrogens with one attached hydrogen (secondary N) is 1. The maximum absolute atomic E-state index is 9.08. The van der Waals surface area contributed by atoms with Crippen LogP contribution in [0.25, 0.3) is 0 Å². The van der Waals surface area contributed by atoms with E-state index in [2.05, 4.69) is 48.3 Å². The Balaban J connectivity index is 2.74. The van der Waals surface area contributed by atoms with E-state index in [-0.39, 0.29) is 6.61 Å². The average molecular weight is 236 g/mol. The highest BCUT2D eigenvalue weighted by atomic mass is 16.3. The van der Waals surface area contributed by atoms with Crippen LogP contribution in [0.2, 0.25) is 0 Å². The fourth-order valence-corrected chi connectivity index (χ4v) is 1.94. The van der Waals surface area contributed by atoms with Gasteiger partial charge in [0.1, 0.15) is 0 Å². The molecule has 0 unspecified atom stereocenters. The molecule has 1 rings (SSSR count). The summed E-state index contributed by atoms with van der Waals surface area (Å²) in [6, 6.07) is 8.40. The summed E-state index contributed by atoms with van der Waals surface area (Å²) in [4.78, 5) is 2.21. The van der Waals surface area contributed by atoms with E-state index in [0.717, 1.165) is 26.1 Å². The lowest BCUT2D eigenvalue weighted by Crippen LogP contribution is -2.28. The number of likely N-dealkylation sites (N-methyl/N-ethyl adjacent to an activating group) is 1. The third-order valence-electron chi connectivity index (χ3n) is 2.83. The first kappa shape index (κ1) is 14.0. The second kappa shape index (κ2) is 8.09. The van der Waals surface area contributed by atoms with Crippen molar-refractivity contribution in [3.63, 3.8) is 0 Å². The SMILES string of the molecule is CCCNCc1ccccc1N(CC)CCO. The molecule has 0 saturated heterocycles. The molecule has 3 nitrogen and oxygen atoms in total. The summed E-state index contributed by atoms with van der Waals surface area (Å²) in [6.45, 7) is 8.04. The Morgan fingerprint density at radius 2 is 2.00 bits per heavy atom. The van der Waals surface area contributed by atoms with Crippen LogP contribution >= 0.6 is 0 Å². The topological polar surface area (TPSA) is 35.5 Å². The lowest BCUT2D eigenvalue weighted by molar-refractivity contribution is 0.302. The second-order valence-electron chi connectivity index (χ2n) is 4.11. The van der Waals surface area contributed by atoms with Gasteiger partial charge < -0.3 is 15.3 Å². The van der Waals surface area contributed by atoms with Gasteiger partial charge in [0.2, 0.25) is 0 Å². The van der Waals surface area contributed by atoms with E-state index in [1.165, 1.54) is 11.3 Å². The number of hydrogen-bond donors (Lipinski definition) is 2. The highest BCUT2D eigenvalue weighted by molar-refractivity contribution is 5.53. The van der Waals surface area contributed by atoms with Crippen LogP contribution in [-0.4, -0.2) is 31.3 Å². The second-order valence-corrected chi connectivity index (χ2v) is 4.11. The van der Waals surface area contributed by atoms with Crippen molar-refractivity contribution in [1.29, 1.82) is 0 Å². The highest BCUT2D eigenvalue weighted by Crippen LogP contribution is 2.19. The molecule has 0 bridgehead atoms. The predicted molar refractivity (Wildman–Crippen MR) is 73.4 cm³/mol. The molecule has 0 radical (unpaired) electrons. The first-order chi connectivity index (χ1) is 8.33. The summed E-state index contributed by atoms with van der Waals surface area (Å²) < 4.78 is 0. The predicted octanol–water partition coefficient (Wildman–Crippen LogP) is 2.00. The van der Waals surface area contributed by atoms with Crippen LogP contribution in [0.1, 0.15) is 25.8 Å². The lowest BCUT2D eigenvalue weighted by Gasteiger charge is -2.25. The van der Waals surface area contributed by atoms with Gasteiger partial charge in [-0.1, -0.05) is 25.1 Å². The van der Waals surface area contributed by atoms with Crippen molar-refractivity contribution < 1.29 is 5.11 Å². The summed E-state index contributed by atoms with van der Waals surface area (Å²) in [6.07, 6.45) is 1.15. The Kier molecular flexibility index (Phi) is 6.67. The molecule has 0 fully saturated rings. The molecule has 0 heterocycles. The number of aliphatic hydroxyl groups excluding tert-OH is 1. The van der Waals surface area contributed by atoms with Gasteiger partial charge in [0.25, 0.3) is 0 Å². The third kappa shape index (κ3) is 4.36. The molecule has 0 spiro atoms. The van der Waals surface area contributed by atoms with Gasteiger partial charge in [-0.05, 0) is 31.5 Å². The lowest BCUT2D eigenvalue weighted by atomic mass is 10.1. The van der Waals surface area contributed by atoms with Crippen molar-refractivity contribution in [2.75, 3.05) is 31.1 Å². The Bertz CT molecular complexity index is 315. The molecular weight excluding hydrogens is 212 g/mol. The molecule has 1 aromatic carbocycles. The monoisotopic (exact) mass is 236 g/mol. The summed E-state index contributed by atoms with van der Waals surface area (Å²) in [7, 11) is 0. The Morgan fingerprint density at radius 1 is 1.24 bits per heavy atom. The van der Waals surface area contributed by atoms with E-state index in [1.807, 2.05) is 0 Å². The van der Waals surface area contributed by atoms with Crippen molar-refractivity contribution in [1.82, 2.24) is 5.32 Å². The zero-order valence-electron chi connectivity index (χ0n) is 10.9. The molecular formula is C14H24N2O. The molecule has 1 aromatic rings. The molecule has 96 valence electrons. The molecule has 0 amide bonds. The van der Waals surface area contributed by atoms with Crippen LogP contribution in [0.4, 0.5) is 5.69 Å². The number of aliphatic hydroxyl groups is 1. The zero-order chi connectivity index (χ0) is 12.5. The number of rotatable bonds is 8. The minimum atomic E-state index is 0.199.